The predicted molar refractivity (Wildman–Crippen MR) is 423 cm³/mol. The summed E-state index contributed by atoms with van der Waals surface area (Å²) in [4.78, 5) is 0. The van der Waals surface area contributed by atoms with Gasteiger partial charge in [-0.2, -0.15) is 0 Å². The summed E-state index contributed by atoms with van der Waals surface area (Å²) in [7, 11) is -30.3. The zero-order valence-electron chi connectivity index (χ0n) is 60.4. The first-order chi connectivity index (χ1) is 33.5. The van der Waals surface area contributed by atoms with Crippen LogP contribution in [0.5, 0.6) is 0 Å². The van der Waals surface area contributed by atoms with Gasteiger partial charge in [-0.05, 0) is 0 Å². The first kappa shape index (κ1) is 77.6. The number of hydrogen-bond acceptors (Lipinski definition) is 0. The normalized spacial score (nSPS) is 16.1. The van der Waals surface area contributed by atoms with Crippen LogP contribution >= 0.6 is 28.0 Å². The Labute approximate surface area is 525 Å². The van der Waals surface area contributed by atoms with E-state index in [0.29, 0.717) is 29.2 Å². The second-order valence-electron chi connectivity index (χ2n) is 40.3. The monoisotopic (exact) mass is 1550 g/mol. The van der Waals surface area contributed by atoms with Gasteiger partial charge in [-0.3, -0.25) is 0 Å². The molecule has 18 heteroatoms. The van der Waals surface area contributed by atoms with Crippen molar-refractivity contribution in [3.63, 3.8) is 0 Å². The van der Waals surface area contributed by atoms with Gasteiger partial charge in [0.2, 0.25) is 0 Å². The van der Waals surface area contributed by atoms with Crippen molar-refractivity contribution in [1.29, 1.82) is 0 Å². The van der Waals surface area contributed by atoms with Crippen LogP contribution < -0.4 is 8.79 Å². The topological polar surface area (TPSA) is 0 Å². The van der Waals surface area contributed by atoms with E-state index in [4.69, 9.17) is 28.0 Å². The minimum absolute atomic E-state index is 0.317. The summed E-state index contributed by atoms with van der Waals surface area (Å²) in [6.07, 6.45) is 0. The SMILES string of the molecule is C[Si](C)(C)C(c1cc(C([Si](C)(C)C)([Si](C)(C)C)[Si](C)(C)C)cc(C([Si](C)(C)C)[Si](C)(C)C)[c]1/[Ge]([Br])=[Ge](\[Br])[c]1c(C([Si](C)(C)C)[Si](C)(C)C)cc(C([Si](C)(C)C)([Si](C)(C)C)[Si](C)(C)C)cc1C([Si](C)(C)C)[Si](C)(C)C)[Si](C)(C)C. The van der Waals surface area contributed by atoms with Gasteiger partial charge in [-0.1, -0.05) is 0 Å². The molecule has 452 valence electrons. The molecule has 78 heavy (non-hydrogen) atoms. The molecule has 0 heterocycles. The Morgan fingerprint density at radius 3 is 0.449 bits per heavy atom. The summed E-state index contributed by atoms with van der Waals surface area (Å²) in [5, 5.41) is 2.74. The van der Waals surface area contributed by atoms with Gasteiger partial charge < -0.3 is 0 Å². The van der Waals surface area contributed by atoms with Gasteiger partial charge in [0.25, 0.3) is 0 Å². The summed E-state index contributed by atoms with van der Waals surface area (Å²) in [5.41, 5.74) is 11.4. The fourth-order valence-corrected chi connectivity index (χ4v) is 166. The first-order valence-corrected chi connectivity index (χ1v) is 98.9. The fourth-order valence-electron chi connectivity index (χ4n) is 21.7. The van der Waals surface area contributed by atoms with Crippen molar-refractivity contribution in [3.8, 4) is 0 Å². The summed E-state index contributed by atoms with van der Waals surface area (Å²) >= 11 is 10.7. The summed E-state index contributed by atoms with van der Waals surface area (Å²) < 4.78 is 4.61. The molecule has 0 unspecified atom stereocenters. The Morgan fingerprint density at radius 2 is 0.359 bits per heavy atom. The molecule has 2 aromatic carbocycles. The van der Waals surface area contributed by atoms with Crippen LogP contribution in [0, 0.1) is 0 Å². The van der Waals surface area contributed by atoms with E-state index in [1.165, 1.54) is 0 Å². The van der Waals surface area contributed by atoms with Gasteiger partial charge in [0.15, 0.2) is 0 Å². The standard InChI is InChI=1S/C60H134Br2Ge2Si14/c1-65(2,3)55(66(4,5)6)49-43-47(59(73(25,26)27,74(28,29)30)75(31,32)33)44-50(56(67(7,8)9)68(10,11)12)53(49)63(61)64(62)54-51(57(69(13,14)15)70(16,17)18)45-48(46-52(54)58(71(19,20)21)72(22,23)24)60(76(34,35)36,77(37,38)39)78(40,41)42/h43-46,55-58H,1-42H3/b64-63+. The Kier molecular flexibility index (Phi) is 23.9. The third kappa shape index (κ3) is 15.6. The van der Waals surface area contributed by atoms with Crippen molar-refractivity contribution >= 4 is 170 Å². The third-order valence-electron chi connectivity index (χ3n) is 18.8. The van der Waals surface area contributed by atoms with Crippen molar-refractivity contribution in [2.24, 2.45) is 0 Å². The quantitative estimate of drug-likeness (QED) is 0.103. The second kappa shape index (κ2) is 24.0. The van der Waals surface area contributed by atoms with E-state index in [2.05, 4.69) is 299 Å². The first-order valence-electron chi connectivity index (χ1n) is 30.9. The Hall–Kier alpha value is 3.52. The molecule has 0 N–H and O–H groups in total. The van der Waals surface area contributed by atoms with E-state index in [0.717, 1.165) is 0 Å². The molecule has 0 aromatic heterocycles. The van der Waals surface area contributed by atoms with Crippen molar-refractivity contribution in [3.05, 3.63) is 57.6 Å². The van der Waals surface area contributed by atoms with Crippen LogP contribution in [0.15, 0.2) is 24.3 Å². The Morgan fingerprint density at radius 1 is 0.244 bits per heavy atom. The van der Waals surface area contributed by atoms with Crippen LogP contribution in [-0.4, -0.2) is 133 Å². The average Bonchev–Trinajstić information content (AvgIpc) is 3.02. The fraction of sp³-hybridized carbons (Fsp3) is 0.800. The van der Waals surface area contributed by atoms with E-state index in [1.807, 2.05) is 42.2 Å². The van der Waals surface area contributed by atoms with Gasteiger partial charge in [-0.15, -0.1) is 0 Å². The molecule has 0 atom stereocenters. The summed E-state index contributed by atoms with van der Waals surface area (Å²) in [6, 6.07) is 12.5. The Balaban J connectivity index is 4.37. The van der Waals surface area contributed by atoms with Gasteiger partial charge in [-0.25, -0.2) is 0 Å². The van der Waals surface area contributed by atoms with E-state index in [1.54, 1.807) is 0 Å². The maximum atomic E-state index is 5.36. The molecular formula is C60H134Br2Ge2Si14. The minimum atomic E-state index is -2.42. The van der Waals surface area contributed by atoms with Gasteiger partial charge in [0, 0.05) is 0 Å². The number of rotatable bonds is 22. The number of halogens is 2. The van der Waals surface area contributed by atoms with Gasteiger partial charge in [0.05, 0.1) is 0 Å². The van der Waals surface area contributed by atoms with E-state index in [9.17, 15) is 0 Å². The molecule has 0 bridgehead atoms. The van der Waals surface area contributed by atoms with Gasteiger partial charge in [0.1, 0.15) is 0 Å². The van der Waals surface area contributed by atoms with Crippen molar-refractivity contribution in [2.75, 3.05) is 0 Å². The van der Waals surface area contributed by atoms with Crippen molar-refractivity contribution in [2.45, 2.75) is 304 Å². The molecule has 0 aliphatic heterocycles. The molecule has 0 radical (unpaired) electrons. The van der Waals surface area contributed by atoms with Gasteiger partial charge >= 0.3 is 532 Å². The molecule has 0 aliphatic rings. The van der Waals surface area contributed by atoms with Crippen LogP contribution in [0.1, 0.15) is 54.0 Å². The molecule has 0 spiro atoms. The predicted octanol–water partition coefficient (Wildman–Crippen LogP) is 21.7. The van der Waals surface area contributed by atoms with Crippen molar-refractivity contribution in [1.82, 2.24) is 0 Å². The summed E-state index contributed by atoms with van der Waals surface area (Å²) in [6.45, 7) is 118. The molecule has 2 aromatic rings. The molecule has 0 saturated heterocycles. The van der Waals surface area contributed by atoms with E-state index < -0.39 is 133 Å². The van der Waals surface area contributed by atoms with Crippen LogP contribution in [0.4, 0.5) is 0 Å². The van der Waals surface area contributed by atoms with Crippen LogP contribution in [0.3, 0.4) is 0 Å². The molecule has 2 rings (SSSR count). The van der Waals surface area contributed by atoms with E-state index >= 15 is 0 Å². The Bertz CT molecular complexity index is 2090. The average molecular weight is 1550 g/mol. The van der Waals surface area contributed by atoms with E-state index in [-0.39, 0.29) is 0 Å². The number of hydrogen-bond donors (Lipinski definition) is 0. The third-order valence-corrected chi connectivity index (χ3v) is 153. The zero-order valence-corrected chi connectivity index (χ0v) is 81.7. The molecule has 0 nitrogen and oxygen atoms in total. The maximum absolute atomic E-state index is 5.36. The molecule has 0 amide bonds. The molecule has 0 aliphatic carbocycles. The zero-order chi connectivity index (χ0) is 62.9. The molecular weight excluding hydrogens is 1420 g/mol. The second-order valence-corrected chi connectivity index (χ2v) is 159. The van der Waals surface area contributed by atoms with Crippen LogP contribution in [0.2, 0.25) is 275 Å². The van der Waals surface area contributed by atoms with Crippen LogP contribution in [0.25, 0.3) is 0 Å². The number of benzene rings is 2. The van der Waals surface area contributed by atoms with Crippen molar-refractivity contribution < 1.29 is 0 Å². The summed E-state index contributed by atoms with van der Waals surface area (Å²) in [5.74, 6) is 0. The van der Waals surface area contributed by atoms with Crippen LogP contribution in [-0.2, 0) is 8.57 Å². The molecule has 0 saturated carbocycles. The molecule has 0 fully saturated rings.